The lowest BCUT2D eigenvalue weighted by Crippen LogP contribution is -2.40. The van der Waals surface area contributed by atoms with Crippen molar-refractivity contribution < 1.29 is 4.79 Å². The number of benzene rings is 1. The number of nitrogens with one attached hydrogen (secondary N) is 1. The fraction of sp³-hybridized carbons (Fsp3) is 0.273. The van der Waals surface area contributed by atoms with Crippen molar-refractivity contribution in [3.8, 4) is 0 Å². The Morgan fingerprint density at radius 3 is 3.00 bits per heavy atom. The van der Waals surface area contributed by atoms with Gasteiger partial charge in [0, 0.05) is 16.2 Å². The summed E-state index contributed by atoms with van der Waals surface area (Å²) < 4.78 is 0. The van der Waals surface area contributed by atoms with Gasteiger partial charge in [0.25, 0.3) is 5.91 Å². The predicted molar refractivity (Wildman–Crippen MR) is 63.2 cm³/mol. The molecule has 82 valence electrons. The number of carbonyl (C=O) groups excluding carboxylic acids is 1. The monoisotopic (exact) mass is 233 g/mol. The van der Waals surface area contributed by atoms with Gasteiger partial charge in [0.05, 0.1) is 0 Å². The van der Waals surface area contributed by atoms with Crippen LogP contribution in [0.4, 0.5) is 0 Å². The molecule has 1 unspecified atom stereocenters. The average Bonchev–Trinajstić information content (AvgIpc) is 2.55. The Labute approximate surface area is 97.3 Å². The highest BCUT2D eigenvalue weighted by molar-refractivity contribution is 7.99. The van der Waals surface area contributed by atoms with Crippen LogP contribution in [0.15, 0.2) is 34.2 Å². The van der Waals surface area contributed by atoms with Gasteiger partial charge in [-0.15, -0.1) is 11.8 Å². The van der Waals surface area contributed by atoms with Gasteiger partial charge in [-0.2, -0.15) is 0 Å². The Hall–Kier alpha value is -1.49. The lowest BCUT2D eigenvalue weighted by atomic mass is 9.87. The van der Waals surface area contributed by atoms with Gasteiger partial charge in [0.2, 0.25) is 0 Å². The molecule has 2 aliphatic rings. The second-order valence-electron chi connectivity index (χ2n) is 3.91. The van der Waals surface area contributed by atoms with E-state index in [4.69, 9.17) is 5.73 Å². The molecular weight excluding hydrogens is 222 g/mol. The van der Waals surface area contributed by atoms with E-state index in [1.807, 2.05) is 24.3 Å². The van der Waals surface area contributed by atoms with Gasteiger partial charge >= 0.3 is 0 Å². The fourth-order valence-electron chi connectivity index (χ4n) is 2.23. The lowest BCUT2D eigenvalue weighted by Gasteiger charge is -2.29. The third kappa shape index (κ3) is 1.18. The van der Waals surface area contributed by atoms with Gasteiger partial charge in [-0.1, -0.05) is 18.2 Å². The summed E-state index contributed by atoms with van der Waals surface area (Å²) in [6.07, 6.45) is 0.710. The zero-order chi connectivity index (χ0) is 11.2. The van der Waals surface area contributed by atoms with Crippen LogP contribution in [0.3, 0.4) is 0 Å². The average molecular weight is 233 g/mol. The summed E-state index contributed by atoms with van der Waals surface area (Å²) in [6.45, 7) is 0. The molecule has 2 heterocycles. The van der Waals surface area contributed by atoms with Crippen LogP contribution in [0.5, 0.6) is 0 Å². The molecule has 5 heteroatoms. The van der Waals surface area contributed by atoms with Gasteiger partial charge in [0.1, 0.15) is 0 Å². The molecule has 2 aliphatic heterocycles. The first-order valence-electron chi connectivity index (χ1n) is 5.11. The van der Waals surface area contributed by atoms with Crippen LogP contribution in [0.2, 0.25) is 0 Å². The molecule has 3 rings (SSSR count). The number of nitrogens with zero attached hydrogens (tertiary/aromatic N) is 1. The van der Waals surface area contributed by atoms with E-state index in [0.717, 1.165) is 16.2 Å². The standard InChI is InChI=1S/C11H11N3OS/c12-10-13-9(15)11(14-10)5-6-16-8-4-2-1-3-7(8)11/h1-4H,5-6H2,(H3,12,13,14,15). The maximum absolute atomic E-state index is 12.0. The van der Waals surface area contributed by atoms with Gasteiger partial charge in [-0.05, 0) is 12.5 Å². The zero-order valence-electron chi connectivity index (χ0n) is 8.56. The SMILES string of the molecule is NC1=NC2(CCSc3ccccc32)C(=O)N1. The van der Waals surface area contributed by atoms with E-state index in [9.17, 15) is 4.79 Å². The van der Waals surface area contributed by atoms with E-state index < -0.39 is 5.54 Å². The minimum Gasteiger partial charge on any atom is -0.370 e. The van der Waals surface area contributed by atoms with Crippen LogP contribution < -0.4 is 11.1 Å². The first kappa shape index (κ1) is 9.72. The van der Waals surface area contributed by atoms with Crippen molar-refractivity contribution in [1.29, 1.82) is 0 Å². The van der Waals surface area contributed by atoms with Crippen LogP contribution >= 0.6 is 11.8 Å². The molecule has 1 aromatic carbocycles. The number of aliphatic imine (C=N–C) groups is 1. The van der Waals surface area contributed by atoms with Gasteiger partial charge < -0.3 is 5.73 Å². The molecule has 4 nitrogen and oxygen atoms in total. The van der Waals surface area contributed by atoms with Crippen molar-refractivity contribution in [3.63, 3.8) is 0 Å². The van der Waals surface area contributed by atoms with Crippen molar-refractivity contribution in [2.24, 2.45) is 10.7 Å². The minimum absolute atomic E-state index is 0.0993. The quantitative estimate of drug-likeness (QED) is 0.697. The molecule has 1 aromatic rings. The van der Waals surface area contributed by atoms with E-state index in [2.05, 4.69) is 10.3 Å². The third-order valence-corrected chi connectivity index (χ3v) is 4.06. The van der Waals surface area contributed by atoms with Gasteiger partial charge in [0.15, 0.2) is 11.5 Å². The van der Waals surface area contributed by atoms with E-state index in [-0.39, 0.29) is 11.9 Å². The van der Waals surface area contributed by atoms with E-state index in [1.54, 1.807) is 11.8 Å². The van der Waals surface area contributed by atoms with Gasteiger partial charge in [-0.25, -0.2) is 4.99 Å². The molecule has 16 heavy (non-hydrogen) atoms. The Kier molecular flexibility index (Phi) is 1.97. The fourth-order valence-corrected chi connectivity index (χ4v) is 3.42. The smallest absolute Gasteiger partial charge is 0.259 e. The molecule has 3 N–H and O–H groups in total. The molecule has 0 radical (unpaired) electrons. The third-order valence-electron chi connectivity index (χ3n) is 2.98. The first-order chi connectivity index (χ1) is 7.72. The maximum Gasteiger partial charge on any atom is 0.259 e. The number of nitrogens with two attached hydrogens (primary N) is 1. The number of rotatable bonds is 0. The van der Waals surface area contributed by atoms with Crippen molar-refractivity contribution in [2.75, 3.05) is 5.75 Å². The van der Waals surface area contributed by atoms with Crippen LogP contribution in [-0.2, 0) is 10.3 Å². The summed E-state index contributed by atoms with van der Waals surface area (Å²) in [6, 6.07) is 7.90. The Bertz CT molecular complexity index is 500. The summed E-state index contributed by atoms with van der Waals surface area (Å²) in [4.78, 5) is 17.5. The maximum atomic E-state index is 12.0. The highest BCUT2D eigenvalue weighted by Crippen LogP contribution is 2.44. The summed E-state index contributed by atoms with van der Waals surface area (Å²) in [5, 5.41) is 2.60. The topological polar surface area (TPSA) is 67.5 Å². The van der Waals surface area contributed by atoms with Crippen LogP contribution in [0.1, 0.15) is 12.0 Å². The first-order valence-corrected chi connectivity index (χ1v) is 6.10. The normalized spacial score (nSPS) is 27.5. The Morgan fingerprint density at radius 1 is 1.44 bits per heavy atom. The molecule has 1 spiro atoms. The molecule has 0 fully saturated rings. The van der Waals surface area contributed by atoms with E-state index in [0.29, 0.717) is 6.42 Å². The number of hydrogen-bond acceptors (Lipinski definition) is 4. The molecule has 0 aliphatic carbocycles. The number of hydrogen-bond donors (Lipinski definition) is 2. The second kappa shape index (κ2) is 3.25. The van der Waals surface area contributed by atoms with E-state index in [1.165, 1.54) is 0 Å². The Morgan fingerprint density at radius 2 is 2.25 bits per heavy atom. The second-order valence-corrected chi connectivity index (χ2v) is 5.04. The highest BCUT2D eigenvalue weighted by atomic mass is 32.2. The lowest BCUT2D eigenvalue weighted by molar-refractivity contribution is -0.124. The van der Waals surface area contributed by atoms with Crippen molar-refractivity contribution in [1.82, 2.24) is 5.32 Å². The molecule has 1 atom stereocenters. The van der Waals surface area contributed by atoms with Crippen LogP contribution in [0, 0.1) is 0 Å². The van der Waals surface area contributed by atoms with Crippen molar-refractivity contribution in [2.45, 2.75) is 16.9 Å². The highest BCUT2D eigenvalue weighted by Gasteiger charge is 2.47. The van der Waals surface area contributed by atoms with Crippen molar-refractivity contribution >= 4 is 23.6 Å². The van der Waals surface area contributed by atoms with Crippen molar-refractivity contribution in [3.05, 3.63) is 29.8 Å². The van der Waals surface area contributed by atoms with Crippen LogP contribution in [-0.4, -0.2) is 17.6 Å². The summed E-state index contributed by atoms with van der Waals surface area (Å²) in [5.41, 5.74) is 5.80. The van der Waals surface area contributed by atoms with Crippen LogP contribution in [0.25, 0.3) is 0 Å². The Balaban J connectivity index is 2.21. The predicted octanol–water partition coefficient (Wildman–Crippen LogP) is 0.822. The number of guanidine groups is 1. The minimum atomic E-state index is -0.772. The van der Waals surface area contributed by atoms with Gasteiger partial charge in [-0.3, -0.25) is 10.1 Å². The number of thioether (sulfide) groups is 1. The summed E-state index contributed by atoms with van der Waals surface area (Å²) >= 11 is 1.76. The molecule has 0 bridgehead atoms. The molecular formula is C11H11N3OS. The van der Waals surface area contributed by atoms with E-state index >= 15 is 0 Å². The largest absolute Gasteiger partial charge is 0.370 e. The number of fused-ring (bicyclic) bond motifs is 2. The molecule has 0 saturated carbocycles. The number of carbonyl (C=O) groups is 1. The summed E-state index contributed by atoms with van der Waals surface area (Å²) in [5.74, 6) is 1.02. The molecule has 0 saturated heterocycles. The molecule has 0 aromatic heterocycles. The number of amides is 1. The zero-order valence-corrected chi connectivity index (χ0v) is 9.38. The molecule has 1 amide bonds. The summed E-state index contributed by atoms with van der Waals surface area (Å²) in [7, 11) is 0.